The molecule has 0 aliphatic heterocycles. The predicted molar refractivity (Wildman–Crippen MR) is 87.1 cm³/mol. The van der Waals surface area contributed by atoms with E-state index in [4.69, 9.17) is 0 Å². The van der Waals surface area contributed by atoms with Crippen molar-refractivity contribution in [2.24, 2.45) is 0 Å². The maximum Gasteiger partial charge on any atom is 0.323 e. The van der Waals surface area contributed by atoms with Gasteiger partial charge in [-0.2, -0.15) is 0 Å². The Morgan fingerprint density at radius 2 is 2.09 bits per heavy atom. The number of benzene rings is 1. The van der Waals surface area contributed by atoms with Crippen molar-refractivity contribution in [1.82, 2.24) is 15.1 Å². The standard InChI is InChI=1S/C15H19FN4O2S/c1-15(2,22)9-20(3)14(21)17-13-19-18-12(23-13)8-10-6-4-5-7-11(10)16/h4-7,22H,8-9H2,1-3H3,(H,17,19,21). The molecule has 0 saturated heterocycles. The molecule has 0 radical (unpaired) electrons. The van der Waals surface area contributed by atoms with Crippen LogP contribution < -0.4 is 5.32 Å². The smallest absolute Gasteiger partial charge is 0.323 e. The minimum absolute atomic E-state index is 0.180. The SMILES string of the molecule is CN(CC(C)(C)O)C(=O)Nc1nnc(Cc2ccccc2F)s1. The first-order valence-corrected chi connectivity index (χ1v) is 7.86. The molecule has 0 fully saturated rings. The van der Waals surface area contributed by atoms with Crippen LogP contribution in [-0.4, -0.2) is 45.4 Å². The number of rotatable bonds is 5. The zero-order chi connectivity index (χ0) is 17.0. The van der Waals surface area contributed by atoms with E-state index in [1.54, 1.807) is 39.1 Å². The summed E-state index contributed by atoms with van der Waals surface area (Å²) in [4.78, 5) is 13.4. The molecule has 0 saturated carbocycles. The van der Waals surface area contributed by atoms with Crippen LogP contribution in [0.5, 0.6) is 0 Å². The van der Waals surface area contributed by atoms with Crippen molar-refractivity contribution < 1.29 is 14.3 Å². The van der Waals surface area contributed by atoms with E-state index in [0.717, 1.165) is 0 Å². The van der Waals surface area contributed by atoms with Gasteiger partial charge in [0.25, 0.3) is 0 Å². The maximum atomic E-state index is 13.6. The zero-order valence-electron chi connectivity index (χ0n) is 13.2. The number of nitrogens with one attached hydrogen (secondary N) is 1. The largest absolute Gasteiger partial charge is 0.389 e. The monoisotopic (exact) mass is 338 g/mol. The molecule has 1 aromatic carbocycles. The first-order valence-electron chi connectivity index (χ1n) is 7.05. The van der Waals surface area contributed by atoms with E-state index in [-0.39, 0.29) is 18.4 Å². The molecule has 2 aromatic rings. The van der Waals surface area contributed by atoms with Gasteiger partial charge in [0.15, 0.2) is 0 Å². The molecule has 1 heterocycles. The molecule has 8 heteroatoms. The number of halogens is 1. The second-order valence-corrected chi connectivity index (χ2v) is 6.93. The Hall–Kier alpha value is -2.06. The van der Waals surface area contributed by atoms with Crippen molar-refractivity contribution in [3.63, 3.8) is 0 Å². The second-order valence-electron chi connectivity index (χ2n) is 5.87. The van der Waals surface area contributed by atoms with Gasteiger partial charge < -0.3 is 10.0 Å². The van der Waals surface area contributed by atoms with Crippen molar-refractivity contribution in [2.75, 3.05) is 18.9 Å². The van der Waals surface area contributed by atoms with E-state index < -0.39 is 5.60 Å². The summed E-state index contributed by atoms with van der Waals surface area (Å²) in [6.07, 6.45) is 0.319. The third-order valence-electron chi connectivity index (χ3n) is 2.95. The Bertz CT molecular complexity index is 684. The van der Waals surface area contributed by atoms with Gasteiger partial charge in [0.05, 0.1) is 12.1 Å². The molecule has 23 heavy (non-hydrogen) atoms. The average molecular weight is 338 g/mol. The van der Waals surface area contributed by atoms with Crippen molar-refractivity contribution in [1.29, 1.82) is 0 Å². The van der Waals surface area contributed by atoms with E-state index >= 15 is 0 Å². The number of hydrogen-bond acceptors (Lipinski definition) is 5. The fourth-order valence-electron chi connectivity index (χ4n) is 2.02. The van der Waals surface area contributed by atoms with Gasteiger partial charge in [0, 0.05) is 13.5 Å². The summed E-state index contributed by atoms with van der Waals surface area (Å²) < 4.78 is 13.6. The van der Waals surface area contributed by atoms with E-state index in [2.05, 4.69) is 15.5 Å². The fraction of sp³-hybridized carbons (Fsp3) is 0.400. The van der Waals surface area contributed by atoms with Crippen LogP contribution in [0.3, 0.4) is 0 Å². The van der Waals surface area contributed by atoms with Crippen LogP contribution in [0, 0.1) is 5.82 Å². The Morgan fingerprint density at radius 1 is 1.39 bits per heavy atom. The van der Waals surface area contributed by atoms with E-state index in [9.17, 15) is 14.3 Å². The quantitative estimate of drug-likeness (QED) is 0.878. The molecule has 0 unspecified atom stereocenters. The summed E-state index contributed by atoms with van der Waals surface area (Å²) in [5, 5.41) is 21.1. The lowest BCUT2D eigenvalue weighted by molar-refractivity contribution is 0.0550. The summed E-state index contributed by atoms with van der Waals surface area (Å²) in [5.74, 6) is -0.293. The third kappa shape index (κ3) is 5.26. The van der Waals surface area contributed by atoms with Crippen molar-refractivity contribution >= 4 is 22.5 Å². The number of likely N-dealkylation sites (N-methyl/N-ethyl adjacent to an activating group) is 1. The molecule has 0 aliphatic carbocycles. The highest BCUT2D eigenvalue weighted by Gasteiger charge is 2.20. The number of nitrogens with zero attached hydrogens (tertiary/aromatic N) is 3. The van der Waals surface area contributed by atoms with E-state index in [1.807, 2.05) is 0 Å². The van der Waals surface area contributed by atoms with Crippen LogP contribution in [0.15, 0.2) is 24.3 Å². The van der Waals surface area contributed by atoms with E-state index in [1.165, 1.54) is 22.3 Å². The van der Waals surface area contributed by atoms with Crippen LogP contribution in [0.2, 0.25) is 0 Å². The molecule has 0 spiro atoms. The number of carbonyl (C=O) groups excluding carboxylic acids is 1. The van der Waals surface area contributed by atoms with Gasteiger partial charge in [0.1, 0.15) is 10.8 Å². The molecule has 6 nitrogen and oxygen atoms in total. The topological polar surface area (TPSA) is 78.4 Å². The predicted octanol–water partition coefficient (Wildman–Crippen LogP) is 2.50. The minimum Gasteiger partial charge on any atom is -0.389 e. The first kappa shape index (κ1) is 17.3. The normalized spacial score (nSPS) is 11.3. The van der Waals surface area contributed by atoms with Crippen molar-refractivity contribution in [3.05, 3.63) is 40.7 Å². The second kappa shape index (κ2) is 7.01. The van der Waals surface area contributed by atoms with Gasteiger partial charge in [-0.25, -0.2) is 9.18 Å². The molecule has 0 bridgehead atoms. The number of anilines is 1. The van der Waals surface area contributed by atoms with Crippen molar-refractivity contribution in [2.45, 2.75) is 25.9 Å². The maximum absolute atomic E-state index is 13.6. The third-order valence-corrected chi connectivity index (χ3v) is 3.79. The molecule has 2 amide bonds. The van der Waals surface area contributed by atoms with Gasteiger partial charge >= 0.3 is 6.03 Å². The number of aromatic nitrogens is 2. The Balaban J connectivity index is 1.97. The van der Waals surface area contributed by atoms with Gasteiger partial charge in [-0.3, -0.25) is 5.32 Å². The Labute approximate surface area is 138 Å². The van der Waals surface area contributed by atoms with Crippen LogP contribution in [0.25, 0.3) is 0 Å². The molecule has 2 N–H and O–H groups in total. The molecular weight excluding hydrogens is 319 g/mol. The first-order chi connectivity index (χ1) is 10.7. The van der Waals surface area contributed by atoms with Gasteiger partial charge in [0.2, 0.25) is 5.13 Å². The molecule has 2 rings (SSSR count). The van der Waals surface area contributed by atoms with E-state index in [0.29, 0.717) is 22.1 Å². The number of amides is 2. The minimum atomic E-state index is -0.983. The van der Waals surface area contributed by atoms with Gasteiger partial charge in [-0.1, -0.05) is 29.5 Å². The average Bonchev–Trinajstić information content (AvgIpc) is 2.87. The Kier molecular flexibility index (Phi) is 5.27. The van der Waals surface area contributed by atoms with Gasteiger partial charge in [-0.05, 0) is 25.5 Å². The highest BCUT2D eigenvalue weighted by molar-refractivity contribution is 7.15. The summed E-state index contributed by atoms with van der Waals surface area (Å²) in [7, 11) is 1.58. The zero-order valence-corrected chi connectivity index (χ0v) is 14.0. The summed E-state index contributed by atoms with van der Waals surface area (Å²) in [5.41, 5.74) is -0.455. The molecule has 124 valence electrons. The summed E-state index contributed by atoms with van der Waals surface area (Å²) >= 11 is 1.19. The lowest BCUT2D eigenvalue weighted by Gasteiger charge is -2.25. The Morgan fingerprint density at radius 3 is 2.74 bits per heavy atom. The number of carbonyl (C=O) groups is 1. The summed E-state index contributed by atoms with van der Waals surface area (Å²) in [6.45, 7) is 3.42. The molecule has 0 aliphatic rings. The summed E-state index contributed by atoms with van der Waals surface area (Å²) in [6, 6.07) is 6.08. The molecular formula is C15H19FN4O2S. The molecule has 0 atom stereocenters. The lowest BCUT2D eigenvalue weighted by atomic mass is 10.1. The molecule has 1 aromatic heterocycles. The van der Waals surface area contributed by atoms with Crippen LogP contribution in [0.1, 0.15) is 24.4 Å². The number of aliphatic hydroxyl groups is 1. The lowest BCUT2D eigenvalue weighted by Crippen LogP contribution is -2.41. The van der Waals surface area contributed by atoms with Crippen LogP contribution in [0.4, 0.5) is 14.3 Å². The highest BCUT2D eigenvalue weighted by Crippen LogP contribution is 2.20. The number of hydrogen-bond donors (Lipinski definition) is 2. The highest BCUT2D eigenvalue weighted by atomic mass is 32.1. The number of urea groups is 1. The van der Waals surface area contributed by atoms with Gasteiger partial charge in [-0.15, -0.1) is 10.2 Å². The van der Waals surface area contributed by atoms with Crippen LogP contribution in [-0.2, 0) is 6.42 Å². The van der Waals surface area contributed by atoms with Crippen LogP contribution >= 0.6 is 11.3 Å². The fourth-order valence-corrected chi connectivity index (χ4v) is 2.77. The van der Waals surface area contributed by atoms with Crippen molar-refractivity contribution in [3.8, 4) is 0 Å².